The Labute approximate surface area is 74.4 Å². The number of ether oxygens (including phenoxy) is 1. The van der Waals surface area contributed by atoms with Crippen molar-refractivity contribution < 1.29 is 4.74 Å². The zero-order valence-electron chi connectivity index (χ0n) is 6.65. The zero-order chi connectivity index (χ0) is 8.39. The number of nitrogens with one attached hydrogen (secondary N) is 1. The lowest BCUT2D eigenvalue weighted by Gasteiger charge is -2.04. The predicted octanol–water partition coefficient (Wildman–Crippen LogP) is 1.55. The summed E-state index contributed by atoms with van der Waals surface area (Å²) >= 11 is 1.47. The molecule has 1 unspecified atom stereocenters. The zero-order valence-corrected chi connectivity index (χ0v) is 7.47. The van der Waals surface area contributed by atoms with Crippen LogP contribution in [-0.4, -0.2) is 21.3 Å². The molecule has 64 valence electrons. The van der Waals surface area contributed by atoms with Crippen LogP contribution >= 0.6 is 11.8 Å². The molecule has 5 heteroatoms. The summed E-state index contributed by atoms with van der Waals surface area (Å²) < 4.78 is 5.47. The van der Waals surface area contributed by atoms with Gasteiger partial charge in [-0.25, -0.2) is 4.98 Å². The van der Waals surface area contributed by atoms with Gasteiger partial charge in [0.2, 0.25) is 0 Å². The van der Waals surface area contributed by atoms with Crippen molar-refractivity contribution >= 4 is 11.8 Å². The van der Waals surface area contributed by atoms with E-state index in [9.17, 15) is 0 Å². The molecule has 1 aliphatic rings. The van der Waals surface area contributed by atoms with E-state index >= 15 is 0 Å². The van der Waals surface area contributed by atoms with E-state index in [-0.39, 0.29) is 0 Å². The third-order valence-corrected chi connectivity index (χ3v) is 2.38. The summed E-state index contributed by atoms with van der Waals surface area (Å²) in [6, 6.07) is 0. The first kappa shape index (κ1) is 7.67. The number of H-pyrrole nitrogens is 1. The monoisotopic (exact) mass is 183 g/mol. The molecule has 0 amide bonds. The van der Waals surface area contributed by atoms with Gasteiger partial charge in [0, 0.05) is 6.42 Å². The second-order valence-corrected chi connectivity index (χ2v) is 3.57. The standard InChI is InChI=1S/C7H9N3OS/c1-5-2-3-6(11-5)12-7-8-4-9-10-7/h3-5H,2H2,1H3,(H,8,9,10). The molecule has 0 aromatic carbocycles. The maximum absolute atomic E-state index is 5.47. The number of aromatic amines is 1. The minimum Gasteiger partial charge on any atom is -0.484 e. The minimum atomic E-state index is 0.301. The Morgan fingerprint density at radius 1 is 1.75 bits per heavy atom. The molecule has 12 heavy (non-hydrogen) atoms. The van der Waals surface area contributed by atoms with Crippen LogP contribution in [0.15, 0.2) is 22.7 Å². The molecular formula is C7H9N3OS. The second kappa shape index (κ2) is 3.18. The van der Waals surface area contributed by atoms with E-state index in [0.717, 1.165) is 16.7 Å². The van der Waals surface area contributed by atoms with Gasteiger partial charge in [-0.15, -0.1) is 0 Å². The van der Waals surface area contributed by atoms with Crippen LogP contribution in [-0.2, 0) is 4.74 Å². The SMILES string of the molecule is CC1CC=C(Sc2ncn[nH]2)O1. The van der Waals surface area contributed by atoms with Crippen LogP contribution in [0.25, 0.3) is 0 Å². The van der Waals surface area contributed by atoms with Crippen molar-refractivity contribution in [3.05, 3.63) is 17.5 Å². The Hall–Kier alpha value is -0.970. The molecule has 1 aromatic heterocycles. The summed E-state index contributed by atoms with van der Waals surface area (Å²) in [6.45, 7) is 2.05. The Kier molecular flexibility index (Phi) is 2.03. The van der Waals surface area contributed by atoms with Crippen molar-refractivity contribution in [3.63, 3.8) is 0 Å². The minimum absolute atomic E-state index is 0.301. The molecule has 0 saturated carbocycles. The van der Waals surface area contributed by atoms with E-state index in [1.54, 1.807) is 0 Å². The Morgan fingerprint density at radius 2 is 2.67 bits per heavy atom. The van der Waals surface area contributed by atoms with Crippen molar-refractivity contribution in [1.82, 2.24) is 15.2 Å². The van der Waals surface area contributed by atoms with Gasteiger partial charge in [-0.3, -0.25) is 5.10 Å². The summed E-state index contributed by atoms with van der Waals surface area (Å²) in [5.41, 5.74) is 0. The van der Waals surface area contributed by atoms with Crippen molar-refractivity contribution in [2.45, 2.75) is 24.6 Å². The third kappa shape index (κ3) is 1.61. The lowest BCUT2D eigenvalue weighted by molar-refractivity contribution is 0.180. The van der Waals surface area contributed by atoms with Gasteiger partial charge >= 0.3 is 0 Å². The fraction of sp³-hybridized carbons (Fsp3) is 0.429. The molecule has 1 N–H and O–H groups in total. The molecule has 0 radical (unpaired) electrons. The first-order valence-electron chi connectivity index (χ1n) is 3.74. The number of thioether (sulfide) groups is 1. The highest BCUT2D eigenvalue weighted by atomic mass is 32.2. The van der Waals surface area contributed by atoms with Crippen LogP contribution in [0.2, 0.25) is 0 Å². The van der Waals surface area contributed by atoms with Crippen molar-refractivity contribution in [3.8, 4) is 0 Å². The van der Waals surface area contributed by atoms with Crippen LogP contribution in [0, 0.1) is 0 Å². The largest absolute Gasteiger partial charge is 0.484 e. The number of hydrogen-bond donors (Lipinski definition) is 1. The molecule has 0 saturated heterocycles. The first-order valence-corrected chi connectivity index (χ1v) is 4.56. The fourth-order valence-electron chi connectivity index (χ4n) is 0.961. The van der Waals surface area contributed by atoms with Crippen molar-refractivity contribution in [2.75, 3.05) is 0 Å². The van der Waals surface area contributed by atoms with E-state index in [2.05, 4.69) is 21.3 Å². The number of nitrogens with zero attached hydrogens (tertiary/aromatic N) is 2. The summed E-state index contributed by atoms with van der Waals surface area (Å²) in [5.74, 6) is 0. The fourth-order valence-corrected chi connectivity index (χ4v) is 1.74. The molecule has 0 aliphatic carbocycles. The van der Waals surface area contributed by atoms with Crippen molar-refractivity contribution in [1.29, 1.82) is 0 Å². The predicted molar refractivity (Wildman–Crippen MR) is 45.5 cm³/mol. The van der Waals surface area contributed by atoms with E-state index < -0.39 is 0 Å². The number of hydrogen-bond acceptors (Lipinski definition) is 4. The van der Waals surface area contributed by atoms with Crippen LogP contribution in [0.4, 0.5) is 0 Å². The van der Waals surface area contributed by atoms with Gasteiger partial charge in [-0.1, -0.05) is 0 Å². The topological polar surface area (TPSA) is 50.8 Å². The van der Waals surface area contributed by atoms with Crippen LogP contribution in [0.1, 0.15) is 13.3 Å². The highest BCUT2D eigenvalue weighted by molar-refractivity contribution is 8.02. The second-order valence-electron chi connectivity index (χ2n) is 2.58. The molecule has 4 nitrogen and oxygen atoms in total. The average Bonchev–Trinajstić information content (AvgIpc) is 2.63. The van der Waals surface area contributed by atoms with Crippen LogP contribution < -0.4 is 0 Å². The molecule has 0 fully saturated rings. The molecule has 0 bridgehead atoms. The van der Waals surface area contributed by atoms with E-state index in [0.29, 0.717) is 6.10 Å². The molecular weight excluding hydrogens is 174 g/mol. The van der Waals surface area contributed by atoms with E-state index in [1.807, 2.05) is 6.92 Å². The van der Waals surface area contributed by atoms with E-state index in [4.69, 9.17) is 4.74 Å². The van der Waals surface area contributed by atoms with Gasteiger partial charge in [0.25, 0.3) is 0 Å². The number of rotatable bonds is 2. The quantitative estimate of drug-likeness (QED) is 0.755. The molecule has 2 heterocycles. The van der Waals surface area contributed by atoms with Gasteiger partial charge in [0.1, 0.15) is 12.4 Å². The normalized spacial score (nSPS) is 22.1. The first-order chi connectivity index (χ1) is 5.84. The average molecular weight is 183 g/mol. The smallest absolute Gasteiger partial charge is 0.191 e. The lowest BCUT2D eigenvalue weighted by atomic mass is 10.3. The summed E-state index contributed by atoms with van der Waals surface area (Å²) in [4.78, 5) is 3.98. The molecule has 0 spiro atoms. The Balaban J connectivity index is 1.97. The molecule has 1 aliphatic heterocycles. The van der Waals surface area contributed by atoms with Gasteiger partial charge in [0.05, 0.1) is 0 Å². The Bertz CT molecular complexity index is 283. The van der Waals surface area contributed by atoms with Gasteiger partial charge in [0.15, 0.2) is 10.2 Å². The number of aromatic nitrogens is 3. The summed E-state index contributed by atoms with van der Waals surface area (Å²) in [7, 11) is 0. The molecule has 1 aromatic rings. The van der Waals surface area contributed by atoms with Gasteiger partial charge < -0.3 is 4.74 Å². The van der Waals surface area contributed by atoms with Gasteiger partial charge in [-0.2, -0.15) is 5.10 Å². The molecule has 1 atom stereocenters. The maximum atomic E-state index is 5.47. The third-order valence-electron chi connectivity index (χ3n) is 1.52. The highest BCUT2D eigenvalue weighted by Gasteiger charge is 2.14. The van der Waals surface area contributed by atoms with Gasteiger partial charge in [-0.05, 0) is 24.8 Å². The summed E-state index contributed by atoms with van der Waals surface area (Å²) in [6.07, 6.45) is 4.84. The summed E-state index contributed by atoms with van der Waals surface area (Å²) in [5, 5.41) is 8.19. The molecule has 2 rings (SSSR count). The van der Waals surface area contributed by atoms with Crippen LogP contribution in [0.3, 0.4) is 0 Å². The lowest BCUT2D eigenvalue weighted by Crippen LogP contribution is -1.96. The Morgan fingerprint density at radius 3 is 3.25 bits per heavy atom. The van der Waals surface area contributed by atoms with E-state index in [1.165, 1.54) is 18.1 Å². The van der Waals surface area contributed by atoms with Crippen LogP contribution in [0.5, 0.6) is 0 Å². The highest BCUT2D eigenvalue weighted by Crippen LogP contribution is 2.30. The maximum Gasteiger partial charge on any atom is 0.191 e. The van der Waals surface area contributed by atoms with Crippen molar-refractivity contribution in [2.24, 2.45) is 0 Å².